The highest BCUT2D eigenvalue weighted by atomic mass is 16.5. The van der Waals surface area contributed by atoms with Gasteiger partial charge in [-0.1, -0.05) is 30.3 Å². The summed E-state index contributed by atoms with van der Waals surface area (Å²) in [7, 11) is 0. The fraction of sp³-hybridized carbons (Fsp3) is 0.0357. The fourth-order valence-electron chi connectivity index (χ4n) is 3.45. The third kappa shape index (κ3) is 7.32. The van der Waals surface area contributed by atoms with Crippen molar-refractivity contribution in [2.24, 2.45) is 0 Å². The zero-order valence-electron chi connectivity index (χ0n) is 20.7. The molecule has 0 aliphatic rings. The van der Waals surface area contributed by atoms with E-state index in [1.807, 2.05) is 30.3 Å². The lowest BCUT2D eigenvalue weighted by Crippen LogP contribution is -2.14. The summed E-state index contributed by atoms with van der Waals surface area (Å²) < 4.78 is 15.3. The average molecular weight is 543 g/mol. The van der Waals surface area contributed by atoms with Gasteiger partial charge in [-0.15, -0.1) is 0 Å². The Morgan fingerprint density at radius 1 is 0.800 bits per heavy atom. The molecule has 5 rings (SSSR count). The minimum absolute atomic E-state index is 0.00550. The third-order valence-corrected chi connectivity index (χ3v) is 5.20. The largest absolute Gasteiger partial charge is 0.478 e. The van der Waals surface area contributed by atoms with Crippen molar-refractivity contribution >= 4 is 29.4 Å². The fourth-order valence-corrected chi connectivity index (χ4v) is 3.45. The molecule has 0 aliphatic heterocycles. The lowest BCUT2D eigenvalue weighted by Gasteiger charge is -2.09. The summed E-state index contributed by atoms with van der Waals surface area (Å²) in [5.41, 5.74) is 8.14. The highest BCUT2D eigenvalue weighted by Crippen LogP contribution is 2.24. The lowest BCUT2D eigenvalue weighted by atomic mass is 10.1. The second-order valence-electron chi connectivity index (χ2n) is 8.11. The normalized spacial score (nSPS) is 10.2. The molecule has 1 amide bonds. The number of benzene rings is 3. The molecular weight excluding hydrogens is 520 g/mol. The number of nitrogens with zero attached hydrogens (tertiary/aromatic N) is 2. The quantitative estimate of drug-likeness (QED) is 0.192. The van der Waals surface area contributed by atoms with Gasteiger partial charge in [0.1, 0.15) is 19.1 Å². The van der Waals surface area contributed by atoms with Crippen molar-refractivity contribution in [3.8, 4) is 22.9 Å². The van der Waals surface area contributed by atoms with E-state index in [0.29, 0.717) is 22.7 Å². The van der Waals surface area contributed by atoms with Crippen LogP contribution in [-0.4, -0.2) is 38.2 Å². The molecule has 2 heterocycles. The minimum atomic E-state index is -1.13. The van der Waals surface area contributed by atoms with Crippen molar-refractivity contribution < 1.29 is 38.2 Å². The van der Waals surface area contributed by atoms with Gasteiger partial charge in [-0.3, -0.25) is 5.32 Å². The molecule has 202 valence electrons. The Morgan fingerprint density at radius 2 is 1.38 bits per heavy atom. The molecule has 12 nitrogen and oxygen atoms in total. The van der Waals surface area contributed by atoms with E-state index < -0.39 is 18.0 Å². The smallest absolute Gasteiger partial charge is 0.411 e. The predicted molar refractivity (Wildman–Crippen MR) is 142 cm³/mol. The number of carbonyl (C=O) groups is 3. The van der Waals surface area contributed by atoms with Crippen LogP contribution in [0.15, 0.2) is 100 Å². The molecule has 3 aromatic carbocycles. The number of oxazole rings is 2. The van der Waals surface area contributed by atoms with E-state index in [1.54, 1.807) is 12.1 Å². The number of nitrogen functional groups attached to an aromatic ring is 1. The zero-order chi connectivity index (χ0) is 28.5. The molecule has 0 bridgehead atoms. The molecular formula is C28H22N4O8. The van der Waals surface area contributed by atoms with Crippen LogP contribution in [0.4, 0.5) is 16.2 Å². The van der Waals surface area contributed by atoms with E-state index >= 15 is 0 Å². The number of anilines is 2. The molecule has 2 aromatic heterocycles. The molecule has 0 aliphatic carbocycles. The number of carbonyl (C=O) groups excluding carboxylic acids is 1. The van der Waals surface area contributed by atoms with Gasteiger partial charge in [0.25, 0.3) is 0 Å². The van der Waals surface area contributed by atoms with E-state index in [-0.39, 0.29) is 29.3 Å². The van der Waals surface area contributed by atoms with Crippen LogP contribution in [0.1, 0.15) is 26.3 Å². The predicted octanol–water partition coefficient (Wildman–Crippen LogP) is 5.41. The molecule has 0 unspecified atom stereocenters. The Hall–Kier alpha value is -5.91. The van der Waals surface area contributed by atoms with Gasteiger partial charge in [0.05, 0.1) is 23.5 Å². The number of aromatic carboxylic acids is 2. The van der Waals surface area contributed by atoms with Crippen LogP contribution in [-0.2, 0) is 11.3 Å². The van der Waals surface area contributed by atoms with E-state index in [0.717, 1.165) is 5.56 Å². The van der Waals surface area contributed by atoms with Crippen molar-refractivity contribution in [2.45, 2.75) is 6.61 Å². The number of ether oxygens (including phenoxy) is 1. The topological polar surface area (TPSA) is 191 Å². The Labute approximate surface area is 226 Å². The molecule has 0 saturated carbocycles. The summed E-state index contributed by atoms with van der Waals surface area (Å²) in [5, 5.41) is 20.6. The second kappa shape index (κ2) is 12.6. The number of hydrogen-bond donors (Lipinski definition) is 4. The second-order valence-corrected chi connectivity index (χ2v) is 8.11. The van der Waals surface area contributed by atoms with E-state index in [2.05, 4.69) is 15.3 Å². The first-order valence-corrected chi connectivity index (χ1v) is 11.6. The molecule has 0 spiro atoms. The van der Waals surface area contributed by atoms with Crippen LogP contribution in [0.5, 0.6) is 0 Å². The molecule has 0 fully saturated rings. The first-order valence-electron chi connectivity index (χ1n) is 11.6. The maximum absolute atomic E-state index is 11.9. The molecule has 0 atom stereocenters. The standard InChI is InChI=1S/C18H14N2O5.C10H8N2O3/c21-17(22)14-8-13(16-19-6-7-24-16)9-15(10-14)20-18(23)25-11-12-4-2-1-3-5-12;11-8-4-6(9-12-1-2-15-9)3-7(5-8)10(13)14/h1-10H,11H2,(H,20,23)(H,21,22);1-5H,11H2,(H,13,14). The summed E-state index contributed by atoms with van der Waals surface area (Å²) in [4.78, 5) is 41.9. The van der Waals surface area contributed by atoms with Crippen LogP contribution in [0.3, 0.4) is 0 Å². The van der Waals surface area contributed by atoms with Gasteiger partial charge in [0.15, 0.2) is 0 Å². The molecule has 40 heavy (non-hydrogen) atoms. The van der Waals surface area contributed by atoms with Crippen molar-refractivity contribution in [2.75, 3.05) is 11.1 Å². The van der Waals surface area contributed by atoms with Crippen LogP contribution in [0.25, 0.3) is 22.9 Å². The van der Waals surface area contributed by atoms with E-state index in [1.165, 1.54) is 49.2 Å². The number of carboxylic acids is 2. The Morgan fingerprint density at radius 3 is 1.93 bits per heavy atom. The first-order chi connectivity index (χ1) is 19.3. The first kappa shape index (κ1) is 27.1. The van der Waals surface area contributed by atoms with Gasteiger partial charge >= 0.3 is 18.0 Å². The van der Waals surface area contributed by atoms with Gasteiger partial charge in [-0.05, 0) is 42.0 Å². The lowest BCUT2D eigenvalue weighted by molar-refractivity contribution is 0.0686. The molecule has 5 N–H and O–H groups in total. The number of nitrogens with one attached hydrogen (secondary N) is 1. The number of hydrogen-bond acceptors (Lipinski definition) is 9. The van der Waals surface area contributed by atoms with Crippen LogP contribution < -0.4 is 11.1 Å². The summed E-state index contributed by atoms with van der Waals surface area (Å²) in [6.45, 7) is 0.109. The van der Waals surface area contributed by atoms with Crippen molar-refractivity contribution in [1.29, 1.82) is 0 Å². The van der Waals surface area contributed by atoms with Crippen LogP contribution in [0.2, 0.25) is 0 Å². The van der Waals surface area contributed by atoms with Gasteiger partial charge < -0.3 is 29.5 Å². The Bertz CT molecular complexity index is 1600. The average Bonchev–Trinajstić information content (AvgIpc) is 3.68. The number of aromatic nitrogens is 2. The van der Waals surface area contributed by atoms with Gasteiger partial charge in [-0.2, -0.15) is 0 Å². The number of carboxylic acid groups (broad SMARTS) is 2. The van der Waals surface area contributed by atoms with Gasteiger partial charge in [0.2, 0.25) is 11.8 Å². The summed E-state index contributed by atoms with van der Waals surface area (Å²) in [6, 6.07) is 18.0. The molecule has 0 saturated heterocycles. The van der Waals surface area contributed by atoms with Crippen molar-refractivity contribution in [3.05, 3.63) is 108 Å². The van der Waals surface area contributed by atoms with Gasteiger partial charge in [0, 0.05) is 22.5 Å². The maximum Gasteiger partial charge on any atom is 0.411 e. The number of amides is 1. The highest BCUT2D eigenvalue weighted by molar-refractivity contribution is 5.93. The summed E-state index contributed by atoms with van der Waals surface area (Å²) in [6.07, 6.45) is 5.04. The summed E-state index contributed by atoms with van der Waals surface area (Å²) >= 11 is 0. The van der Waals surface area contributed by atoms with Gasteiger partial charge in [-0.25, -0.2) is 24.4 Å². The molecule has 0 radical (unpaired) electrons. The molecule has 12 heteroatoms. The van der Waals surface area contributed by atoms with Crippen LogP contribution >= 0.6 is 0 Å². The Kier molecular flexibility index (Phi) is 8.52. The zero-order valence-corrected chi connectivity index (χ0v) is 20.7. The Balaban J connectivity index is 0.000000210. The SMILES string of the molecule is Nc1cc(C(=O)O)cc(-c2ncco2)c1.O=C(Nc1cc(C(=O)O)cc(-c2ncco2)c1)OCc1ccccc1. The number of nitrogens with two attached hydrogens (primary N) is 1. The third-order valence-electron chi connectivity index (χ3n) is 5.20. The monoisotopic (exact) mass is 542 g/mol. The number of rotatable bonds is 7. The van der Waals surface area contributed by atoms with Crippen LogP contribution in [0, 0.1) is 0 Å². The van der Waals surface area contributed by atoms with Crippen molar-refractivity contribution in [3.63, 3.8) is 0 Å². The van der Waals surface area contributed by atoms with Crippen molar-refractivity contribution in [1.82, 2.24) is 9.97 Å². The minimum Gasteiger partial charge on any atom is -0.478 e. The molecule has 5 aromatic rings. The maximum atomic E-state index is 11.9. The highest BCUT2D eigenvalue weighted by Gasteiger charge is 2.13. The van der Waals surface area contributed by atoms with E-state index in [9.17, 15) is 19.5 Å². The van der Waals surface area contributed by atoms with E-state index in [4.69, 9.17) is 24.4 Å². The summed E-state index contributed by atoms with van der Waals surface area (Å²) in [5.74, 6) is -1.56.